The summed E-state index contributed by atoms with van der Waals surface area (Å²) >= 11 is 37.1. The number of carboxylic acids is 1. The molecule has 0 fully saturated rings. The molecule has 0 bridgehead atoms. The molecule has 3 aromatic rings. The number of carboxylic acid groups (broad SMARTS) is 1. The average Bonchev–Trinajstić information content (AvgIpc) is 2.81. The molecule has 0 saturated carbocycles. The highest BCUT2D eigenvalue weighted by molar-refractivity contribution is 8.00. The van der Waals surface area contributed by atoms with Gasteiger partial charge in [0.25, 0.3) is 5.91 Å². The van der Waals surface area contributed by atoms with Crippen LogP contribution < -0.4 is 10.6 Å². The Hall–Kier alpha value is -1.84. The maximum atomic E-state index is 12.8. The molecule has 182 valence electrons. The smallest absolute Gasteiger partial charge is 0.338 e. The van der Waals surface area contributed by atoms with Gasteiger partial charge < -0.3 is 15.7 Å². The van der Waals surface area contributed by atoms with Crippen LogP contribution in [0.1, 0.15) is 20.7 Å². The number of rotatable bonds is 7. The number of amides is 2. The van der Waals surface area contributed by atoms with E-state index in [2.05, 4.69) is 10.6 Å². The Labute approximate surface area is 233 Å². The number of carbonyl (C=O) groups excluding carboxylic acids is 2. The monoisotopic (exact) mass is 610 g/mol. The summed E-state index contributed by atoms with van der Waals surface area (Å²) in [6, 6.07) is 11.2. The van der Waals surface area contributed by atoms with Crippen molar-refractivity contribution >= 4 is 111 Å². The molecule has 0 saturated heterocycles. The Kier molecular flexibility index (Phi) is 9.46. The Balaban J connectivity index is 1.67. The Morgan fingerprint density at radius 2 is 1.37 bits per heavy atom. The van der Waals surface area contributed by atoms with Crippen molar-refractivity contribution in [3.8, 4) is 0 Å². The quantitative estimate of drug-likeness (QED) is 0.142. The van der Waals surface area contributed by atoms with E-state index in [-0.39, 0.29) is 26.7 Å². The summed E-state index contributed by atoms with van der Waals surface area (Å²) in [5.74, 6) is -2.51. The SMILES string of the molecule is O=C(CSc1ccc(NC(=O)c2c(Cl)c(Cl)c(Cl)c(Cl)c2C(=O)O)cc1)Nc1ccc(Cl)cc1Cl. The van der Waals surface area contributed by atoms with Gasteiger partial charge in [-0.25, -0.2) is 4.79 Å². The Bertz CT molecular complexity index is 1330. The molecule has 0 radical (unpaired) electrons. The zero-order valence-corrected chi connectivity index (χ0v) is 22.4. The average molecular weight is 613 g/mol. The molecule has 0 spiro atoms. The van der Waals surface area contributed by atoms with Gasteiger partial charge in [-0.15, -0.1) is 11.8 Å². The highest BCUT2D eigenvalue weighted by atomic mass is 35.5. The number of aromatic carboxylic acids is 1. The number of thioether (sulfide) groups is 1. The van der Waals surface area contributed by atoms with E-state index in [9.17, 15) is 19.5 Å². The second kappa shape index (κ2) is 11.9. The molecular weight excluding hydrogens is 601 g/mol. The fraction of sp³-hybridized carbons (Fsp3) is 0.0455. The first-order valence-corrected chi connectivity index (χ1v) is 12.6. The van der Waals surface area contributed by atoms with Crippen LogP contribution in [0.25, 0.3) is 0 Å². The molecule has 0 aliphatic carbocycles. The van der Waals surface area contributed by atoms with Crippen molar-refractivity contribution in [2.24, 2.45) is 0 Å². The zero-order valence-electron chi connectivity index (χ0n) is 17.1. The number of hydrogen-bond donors (Lipinski definition) is 3. The summed E-state index contributed by atoms with van der Waals surface area (Å²) in [4.78, 5) is 37.4. The minimum Gasteiger partial charge on any atom is -0.478 e. The van der Waals surface area contributed by atoms with Crippen LogP contribution in [-0.4, -0.2) is 28.6 Å². The predicted octanol–water partition coefficient (Wildman–Crippen LogP) is 8.29. The van der Waals surface area contributed by atoms with Crippen molar-refractivity contribution in [2.75, 3.05) is 16.4 Å². The number of nitrogens with one attached hydrogen (secondary N) is 2. The van der Waals surface area contributed by atoms with E-state index in [1.807, 2.05) is 0 Å². The first-order chi connectivity index (χ1) is 16.5. The standard InChI is InChI=1S/C22H12Cl6N2O4S/c23-9-1-6-13(12(24)7-9)30-14(31)8-35-11-4-2-10(3-5-11)29-21(32)15-16(22(33)34)18(26)20(28)19(27)17(15)25/h1-7H,8H2,(H,29,32)(H,30,31)(H,33,34). The van der Waals surface area contributed by atoms with E-state index < -0.39 is 28.0 Å². The highest BCUT2D eigenvalue weighted by Gasteiger charge is 2.28. The van der Waals surface area contributed by atoms with Gasteiger partial charge >= 0.3 is 5.97 Å². The molecule has 2 amide bonds. The molecule has 0 aliphatic rings. The Morgan fingerprint density at radius 3 is 1.94 bits per heavy atom. The second-order valence-corrected chi connectivity index (χ2v) is 10.2. The fourth-order valence-electron chi connectivity index (χ4n) is 2.80. The van der Waals surface area contributed by atoms with Crippen LogP contribution in [0.5, 0.6) is 0 Å². The Morgan fingerprint density at radius 1 is 0.771 bits per heavy atom. The topological polar surface area (TPSA) is 95.5 Å². The van der Waals surface area contributed by atoms with Gasteiger partial charge in [0.05, 0.1) is 47.7 Å². The third kappa shape index (κ3) is 6.68. The van der Waals surface area contributed by atoms with Crippen molar-refractivity contribution < 1.29 is 19.5 Å². The van der Waals surface area contributed by atoms with Crippen LogP contribution in [0.2, 0.25) is 30.1 Å². The number of hydrogen-bond acceptors (Lipinski definition) is 4. The van der Waals surface area contributed by atoms with Crippen LogP contribution in [0.4, 0.5) is 11.4 Å². The molecule has 3 rings (SSSR count). The molecular formula is C22H12Cl6N2O4S. The fourth-order valence-corrected chi connectivity index (χ4v) is 4.97. The number of halogens is 6. The van der Waals surface area contributed by atoms with Crippen LogP contribution in [0.15, 0.2) is 47.4 Å². The summed E-state index contributed by atoms with van der Waals surface area (Å²) in [5, 5.41) is 14.3. The van der Waals surface area contributed by atoms with E-state index in [1.54, 1.807) is 36.4 Å². The first kappa shape index (κ1) is 27.7. The van der Waals surface area contributed by atoms with Gasteiger partial charge in [-0.2, -0.15) is 0 Å². The van der Waals surface area contributed by atoms with Crippen LogP contribution in [0, 0.1) is 0 Å². The van der Waals surface area contributed by atoms with Crippen LogP contribution >= 0.6 is 81.4 Å². The number of benzene rings is 3. The van der Waals surface area contributed by atoms with Crippen LogP contribution in [-0.2, 0) is 4.79 Å². The number of anilines is 2. The van der Waals surface area contributed by atoms with Crippen molar-refractivity contribution in [1.82, 2.24) is 0 Å². The number of carbonyl (C=O) groups is 3. The second-order valence-electron chi connectivity index (χ2n) is 6.75. The molecule has 35 heavy (non-hydrogen) atoms. The lowest BCUT2D eigenvalue weighted by atomic mass is 10.1. The molecule has 0 aromatic heterocycles. The molecule has 0 heterocycles. The third-order valence-corrected chi connectivity index (χ3v) is 7.76. The molecule has 3 N–H and O–H groups in total. The summed E-state index contributed by atoms with van der Waals surface area (Å²) in [7, 11) is 0. The van der Waals surface area contributed by atoms with Gasteiger partial charge in [-0.05, 0) is 42.5 Å². The minimum absolute atomic E-state index is 0.101. The highest BCUT2D eigenvalue weighted by Crippen LogP contribution is 2.42. The maximum Gasteiger partial charge on any atom is 0.338 e. The maximum absolute atomic E-state index is 12.8. The lowest BCUT2D eigenvalue weighted by molar-refractivity contribution is -0.113. The molecule has 13 heteroatoms. The van der Waals surface area contributed by atoms with Gasteiger partial charge in [0, 0.05) is 15.6 Å². The van der Waals surface area contributed by atoms with Gasteiger partial charge in [0.15, 0.2) is 0 Å². The molecule has 3 aromatic carbocycles. The normalized spacial score (nSPS) is 10.7. The van der Waals surface area contributed by atoms with Crippen molar-refractivity contribution in [1.29, 1.82) is 0 Å². The third-order valence-electron chi connectivity index (χ3n) is 4.40. The zero-order chi connectivity index (χ0) is 25.9. The van der Waals surface area contributed by atoms with E-state index in [4.69, 9.17) is 69.6 Å². The molecule has 0 aliphatic heterocycles. The lowest BCUT2D eigenvalue weighted by Crippen LogP contribution is -2.18. The summed E-state index contributed by atoms with van der Waals surface area (Å²) in [6.45, 7) is 0. The van der Waals surface area contributed by atoms with Gasteiger partial charge in [-0.1, -0.05) is 69.6 Å². The summed E-state index contributed by atoms with van der Waals surface area (Å²) in [5.41, 5.74) is -0.204. The lowest BCUT2D eigenvalue weighted by Gasteiger charge is -2.14. The van der Waals surface area contributed by atoms with E-state index in [0.29, 0.717) is 21.4 Å². The van der Waals surface area contributed by atoms with Crippen molar-refractivity contribution in [3.63, 3.8) is 0 Å². The summed E-state index contributed by atoms with van der Waals surface area (Å²) < 4.78 is 0. The van der Waals surface area contributed by atoms with E-state index in [0.717, 1.165) is 4.90 Å². The minimum atomic E-state index is -1.49. The van der Waals surface area contributed by atoms with Crippen molar-refractivity contribution in [3.05, 3.63) is 83.7 Å². The molecule has 0 atom stereocenters. The molecule has 6 nitrogen and oxygen atoms in total. The van der Waals surface area contributed by atoms with Crippen molar-refractivity contribution in [2.45, 2.75) is 4.90 Å². The predicted molar refractivity (Wildman–Crippen MR) is 144 cm³/mol. The van der Waals surface area contributed by atoms with E-state index >= 15 is 0 Å². The first-order valence-electron chi connectivity index (χ1n) is 9.38. The van der Waals surface area contributed by atoms with E-state index in [1.165, 1.54) is 17.8 Å². The van der Waals surface area contributed by atoms with Gasteiger partial charge in [0.1, 0.15) is 0 Å². The van der Waals surface area contributed by atoms with Crippen LogP contribution in [0.3, 0.4) is 0 Å². The van der Waals surface area contributed by atoms with Gasteiger partial charge in [-0.3, -0.25) is 9.59 Å². The van der Waals surface area contributed by atoms with Gasteiger partial charge in [0.2, 0.25) is 5.91 Å². The molecule has 0 unspecified atom stereocenters. The summed E-state index contributed by atoms with van der Waals surface area (Å²) in [6.07, 6.45) is 0. The largest absolute Gasteiger partial charge is 0.478 e.